The number of hydrogen-bond acceptors (Lipinski definition) is 6. The van der Waals surface area contributed by atoms with Gasteiger partial charge in [0.05, 0.1) is 22.3 Å². The van der Waals surface area contributed by atoms with Crippen LogP contribution >= 0.6 is 27.7 Å². The molecule has 0 bridgehead atoms. The summed E-state index contributed by atoms with van der Waals surface area (Å²) in [6, 6.07) is 12.1. The van der Waals surface area contributed by atoms with Crippen LogP contribution in [0, 0.1) is 16.0 Å². The Morgan fingerprint density at radius 3 is 2.77 bits per heavy atom. The van der Waals surface area contributed by atoms with Crippen LogP contribution in [-0.2, 0) is 14.3 Å². The van der Waals surface area contributed by atoms with E-state index in [0.29, 0.717) is 30.0 Å². The van der Waals surface area contributed by atoms with E-state index in [-0.39, 0.29) is 35.6 Å². The number of ether oxygens (including phenoxy) is 1. The fraction of sp³-hybridized carbons (Fsp3) is 0.273. The van der Waals surface area contributed by atoms with E-state index in [1.165, 1.54) is 17.8 Å². The van der Waals surface area contributed by atoms with Crippen LogP contribution in [0.3, 0.4) is 0 Å². The second-order valence-electron chi connectivity index (χ2n) is 6.97. The van der Waals surface area contributed by atoms with Crippen molar-refractivity contribution in [1.82, 2.24) is 4.90 Å². The molecule has 0 aromatic heterocycles. The lowest BCUT2D eigenvalue weighted by molar-refractivity contribution is -0.387. The fourth-order valence-corrected chi connectivity index (χ4v) is 4.81. The first-order valence-electron chi connectivity index (χ1n) is 9.67. The number of hydrogen-bond donors (Lipinski definition) is 0. The molecule has 162 valence electrons. The second kappa shape index (κ2) is 10.1. The highest BCUT2D eigenvalue weighted by Gasteiger charge is 2.33. The number of nitro benzene ring substituents is 1. The number of halogens is 1. The number of nitrogens with zero attached hydrogens (tertiary/aromatic N) is 2. The molecule has 7 nitrogen and oxygen atoms in total. The third-order valence-electron chi connectivity index (χ3n) is 4.88. The molecule has 1 aliphatic heterocycles. The quantitative estimate of drug-likeness (QED) is 0.229. The van der Waals surface area contributed by atoms with Crippen molar-refractivity contribution in [3.63, 3.8) is 0 Å². The molecule has 1 amide bonds. The lowest BCUT2D eigenvalue weighted by Crippen LogP contribution is -2.30. The molecule has 1 saturated heterocycles. The zero-order valence-corrected chi connectivity index (χ0v) is 19.3. The van der Waals surface area contributed by atoms with Gasteiger partial charge in [0, 0.05) is 34.1 Å². The molecule has 2 aromatic rings. The van der Waals surface area contributed by atoms with Crippen LogP contribution in [0.25, 0.3) is 5.57 Å². The van der Waals surface area contributed by atoms with Crippen molar-refractivity contribution in [2.45, 2.75) is 23.1 Å². The zero-order valence-electron chi connectivity index (χ0n) is 16.9. The summed E-state index contributed by atoms with van der Waals surface area (Å²) in [6.07, 6.45) is 0.528. The Labute approximate surface area is 192 Å². The van der Waals surface area contributed by atoms with Crippen LogP contribution in [0.4, 0.5) is 5.69 Å². The molecule has 1 heterocycles. The molecule has 1 unspecified atom stereocenters. The van der Waals surface area contributed by atoms with E-state index in [1.807, 2.05) is 24.3 Å². The molecule has 1 fully saturated rings. The third-order valence-corrected chi connectivity index (χ3v) is 6.43. The number of carbonyl (C=O) groups excluding carboxylic acids is 2. The molecule has 31 heavy (non-hydrogen) atoms. The number of likely N-dealkylation sites (tertiary alicyclic amines) is 1. The minimum absolute atomic E-state index is 0.0951. The van der Waals surface area contributed by atoms with E-state index < -0.39 is 4.92 Å². The first-order valence-corrected chi connectivity index (χ1v) is 11.3. The van der Waals surface area contributed by atoms with Crippen LogP contribution < -0.4 is 0 Å². The van der Waals surface area contributed by atoms with Crippen molar-refractivity contribution < 1.29 is 19.2 Å². The highest BCUT2D eigenvalue weighted by molar-refractivity contribution is 9.10. The van der Waals surface area contributed by atoms with Crippen molar-refractivity contribution in [2.24, 2.45) is 5.92 Å². The van der Waals surface area contributed by atoms with E-state index in [9.17, 15) is 19.7 Å². The van der Waals surface area contributed by atoms with E-state index in [1.54, 1.807) is 24.0 Å². The largest absolute Gasteiger partial charge is 0.466 e. The lowest BCUT2D eigenvalue weighted by Gasteiger charge is -2.18. The van der Waals surface area contributed by atoms with Crippen molar-refractivity contribution in [1.29, 1.82) is 0 Å². The molecule has 0 aliphatic carbocycles. The maximum absolute atomic E-state index is 12.9. The first-order chi connectivity index (χ1) is 14.8. The molecule has 3 rings (SSSR count). The number of rotatable bonds is 7. The Balaban J connectivity index is 1.77. The first kappa shape index (κ1) is 23.0. The van der Waals surface area contributed by atoms with Crippen molar-refractivity contribution in [3.8, 4) is 0 Å². The van der Waals surface area contributed by atoms with Crippen LogP contribution in [-0.4, -0.2) is 41.4 Å². The summed E-state index contributed by atoms with van der Waals surface area (Å²) in [5, 5.41) is 11.7. The Bertz CT molecular complexity index is 1040. The highest BCUT2D eigenvalue weighted by Crippen LogP contribution is 2.37. The summed E-state index contributed by atoms with van der Waals surface area (Å²) in [5.41, 5.74) is 0.448. The molecule has 2 aromatic carbocycles. The van der Waals surface area contributed by atoms with E-state index in [2.05, 4.69) is 22.5 Å². The molecule has 0 spiro atoms. The maximum atomic E-state index is 12.9. The monoisotopic (exact) mass is 504 g/mol. The van der Waals surface area contributed by atoms with Gasteiger partial charge in [-0.2, -0.15) is 0 Å². The zero-order chi connectivity index (χ0) is 22.5. The summed E-state index contributed by atoms with van der Waals surface area (Å²) in [7, 11) is 0. The topological polar surface area (TPSA) is 89.8 Å². The summed E-state index contributed by atoms with van der Waals surface area (Å²) >= 11 is 4.66. The van der Waals surface area contributed by atoms with Crippen LogP contribution in [0.5, 0.6) is 0 Å². The highest BCUT2D eigenvalue weighted by atomic mass is 79.9. The molecular weight excluding hydrogens is 484 g/mol. The molecule has 0 N–H and O–H groups in total. The van der Waals surface area contributed by atoms with E-state index >= 15 is 0 Å². The van der Waals surface area contributed by atoms with Crippen LogP contribution in [0.2, 0.25) is 0 Å². The summed E-state index contributed by atoms with van der Waals surface area (Å²) in [6.45, 7) is 6.57. The Kier molecular flexibility index (Phi) is 7.50. The van der Waals surface area contributed by atoms with Gasteiger partial charge in [-0.15, -0.1) is 0 Å². The molecule has 1 aliphatic rings. The smallest absolute Gasteiger partial charge is 0.310 e. The number of esters is 1. The SMILES string of the molecule is C=C(C(=O)N1CCC(C(=O)OCC)C1)c1ccc(Sc2cccc(Br)c2)c([N+](=O)[O-])c1. The van der Waals surface area contributed by atoms with Gasteiger partial charge in [-0.3, -0.25) is 19.7 Å². The van der Waals surface area contributed by atoms with E-state index in [4.69, 9.17) is 4.74 Å². The maximum Gasteiger partial charge on any atom is 0.310 e. The predicted molar refractivity (Wildman–Crippen MR) is 122 cm³/mol. The van der Waals surface area contributed by atoms with Gasteiger partial charge in [-0.1, -0.05) is 46.4 Å². The third kappa shape index (κ3) is 5.54. The van der Waals surface area contributed by atoms with Gasteiger partial charge in [0.1, 0.15) is 0 Å². The Hall–Kier alpha value is -2.65. The average molecular weight is 505 g/mol. The van der Waals surface area contributed by atoms with Gasteiger partial charge in [0.25, 0.3) is 11.6 Å². The molecular formula is C22H21BrN2O5S. The van der Waals surface area contributed by atoms with Crippen LogP contribution in [0.15, 0.2) is 63.3 Å². The van der Waals surface area contributed by atoms with Crippen molar-refractivity contribution in [2.75, 3.05) is 19.7 Å². The van der Waals surface area contributed by atoms with E-state index in [0.717, 1.165) is 9.37 Å². The number of benzene rings is 2. The number of carbonyl (C=O) groups is 2. The molecule has 1 atom stereocenters. The van der Waals surface area contributed by atoms with Gasteiger partial charge in [0.15, 0.2) is 0 Å². The number of nitro groups is 1. The molecule has 9 heteroatoms. The number of amides is 1. The molecule has 0 radical (unpaired) electrons. The predicted octanol–water partition coefficient (Wildman–Crippen LogP) is 4.93. The van der Waals surface area contributed by atoms with Gasteiger partial charge in [-0.05, 0) is 43.2 Å². The standard InChI is InChI=1S/C22H21BrN2O5S/c1-3-30-22(27)16-9-10-24(13-16)21(26)14(2)15-7-8-20(19(11-15)25(28)29)31-18-6-4-5-17(23)12-18/h4-8,11-12,16H,2-3,9-10,13H2,1H3. The minimum Gasteiger partial charge on any atom is -0.466 e. The fourth-order valence-electron chi connectivity index (χ4n) is 3.30. The minimum atomic E-state index is -0.464. The Morgan fingerprint density at radius 1 is 1.32 bits per heavy atom. The lowest BCUT2D eigenvalue weighted by atomic mass is 10.1. The molecule has 0 saturated carbocycles. The van der Waals surface area contributed by atoms with Crippen molar-refractivity contribution >= 4 is 50.8 Å². The summed E-state index contributed by atoms with van der Waals surface area (Å²) in [5.74, 6) is -1.00. The summed E-state index contributed by atoms with van der Waals surface area (Å²) < 4.78 is 5.91. The van der Waals surface area contributed by atoms with Crippen LogP contribution in [0.1, 0.15) is 18.9 Å². The average Bonchev–Trinajstić information content (AvgIpc) is 3.23. The van der Waals surface area contributed by atoms with Gasteiger partial charge >= 0.3 is 5.97 Å². The normalized spacial score (nSPS) is 15.5. The van der Waals surface area contributed by atoms with Crippen molar-refractivity contribution in [3.05, 3.63) is 69.2 Å². The van der Waals surface area contributed by atoms with Gasteiger partial charge < -0.3 is 9.64 Å². The van der Waals surface area contributed by atoms with Gasteiger partial charge in [-0.25, -0.2) is 0 Å². The second-order valence-corrected chi connectivity index (χ2v) is 9.00. The summed E-state index contributed by atoms with van der Waals surface area (Å²) in [4.78, 5) is 38.8. The van der Waals surface area contributed by atoms with Gasteiger partial charge in [0.2, 0.25) is 0 Å². The Morgan fingerprint density at radius 2 is 2.10 bits per heavy atom.